The molecule has 5 rings (SSSR count). The summed E-state index contributed by atoms with van der Waals surface area (Å²) in [5, 5.41) is 32.0. The molecule has 0 spiro atoms. The van der Waals surface area contributed by atoms with E-state index in [1.165, 1.54) is 0 Å². The van der Waals surface area contributed by atoms with Crippen LogP contribution in [0.5, 0.6) is 0 Å². The van der Waals surface area contributed by atoms with Crippen molar-refractivity contribution in [1.82, 2.24) is 16.0 Å². The molecule has 3 amide bonds. The van der Waals surface area contributed by atoms with Crippen molar-refractivity contribution in [3.63, 3.8) is 0 Å². The van der Waals surface area contributed by atoms with Gasteiger partial charge in [-0.3, -0.25) is 4.79 Å². The number of carbonyl (C=O) groups excluding carboxylic acids is 3. The first-order valence-electron chi connectivity index (χ1n) is 19.2. The minimum atomic E-state index is -1.59. The number of hydrogen-bond acceptors (Lipinski definition) is 10. The Morgan fingerprint density at radius 3 is 1.89 bits per heavy atom. The van der Waals surface area contributed by atoms with Gasteiger partial charge in [-0.1, -0.05) is 118 Å². The minimum Gasteiger partial charge on any atom is -0.445 e. The number of aliphatic hydroxyl groups excluding tert-OH is 2. The molecule has 1 aliphatic heterocycles. The maximum atomic E-state index is 13.5. The van der Waals surface area contributed by atoms with Crippen molar-refractivity contribution in [3.8, 4) is 0 Å². The van der Waals surface area contributed by atoms with Crippen LogP contribution in [-0.2, 0) is 48.3 Å². The summed E-state index contributed by atoms with van der Waals surface area (Å²) in [5.74, 6) is -0.858. The van der Waals surface area contributed by atoms with Gasteiger partial charge < -0.3 is 49.8 Å². The summed E-state index contributed by atoms with van der Waals surface area (Å²) in [4.78, 5) is 39.4. The Kier molecular flexibility index (Phi) is 15.9. The molecule has 5 N–H and O–H groups in total. The highest BCUT2D eigenvalue weighted by atomic mass is 16.7. The Morgan fingerprint density at radius 2 is 1.31 bits per heavy atom. The number of nitrogens with one attached hydrogen (secondary N) is 3. The van der Waals surface area contributed by atoms with E-state index in [9.17, 15) is 24.6 Å². The summed E-state index contributed by atoms with van der Waals surface area (Å²) < 4.78 is 30.3. The molecule has 55 heavy (non-hydrogen) atoms. The minimum absolute atomic E-state index is 0.0223. The fourth-order valence-corrected chi connectivity index (χ4v) is 6.89. The molecule has 298 valence electrons. The molecular formula is C42H55N3O10. The number of rotatable bonds is 16. The van der Waals surface area contributed by atoms with Gasteiger partial charge in [0.05, 0.1) is 24.8 Å². The number of alkyl carbamates (subject to hydrolysis) is 2. The molecule has 1 aliphatic carbocycles. The topological polar surface area (TPSA) is 174 Å². The first-order chi connectivity index (χ1) is 26.6. The zero-order valence-electron chi connectivity index (χ0n) is 31.8. The number of benzene rings is 3. The third-order valence-electron chi connectivity index (χ3n) is 10.1. The van der Waals surface area contributed by atoms with E-state index < -0.39 is 61.1 Å². The van der Waals surface area contributed by atoms with Crippen molar-refractivity contribution in [3.05, 3.63) is 108 Å². The van der Waals surface area contributed by atoms with Crippen LogP contribution in [0.15, 0.2) is 91.0 Å². The molecular weight excluding hydrogens is 706 g/mol. The Balaban J connectivity index is 1.35. The van der Waals surface area contributed by atoms with Gasteiger partial charge in [0.15, 0.2) is 6.29 Å². The number of aliphatic hydroxyl groups is 2. The predicted octanol–water partition coefficient (Wildman–Crippen LogP) is 4.98. The molecule has 3 aromatic carbocycles. The lowest BCUT2D eigenvalue weighted by atomic mass is 9.80. The maximum Gasteiger partial charge on any atom is 0.407 e. The first kappa shape index (κ1) is 41.6. The Bertz CT molecular complexity index is 1620. The highest BCUT2D eigenvalue weighted by molar-refractivity contribution is 5.78. The second-order valence-corrected chi connectivity index (χ2v) is 14.4. The number of amides is 3. The largest absolute Gasteiger partial charge is 0.445 e. The summed E-state index contributed by atoms with van der Waals surface area (Å²) in [6, 6.07) is 25.6. The summed E-state index contributed by atoms with van der Waals surface area (Å²) >= 11 is 0. The van der Waals surface area contributed by atoms with E-state index in [1.807, 2.05) is 105 Å². The molecule has 13 heteroatoms. The molecule has 0 radical (unpaired) electrons. The van der Waals surface area contributed by atoms with Crippen molar-refractivity contribution in [2.75, 3.05) is 6.54 Å². The van der Waals surface area contributed by atoms with Gasteiger partial charge in [-0.15, -0.1) is 0 Å². The maximum absolute atomic E-state index is 13.5. The third-order valence-corrected chi connectivity index (χ3v) is 10.1. The number of ether oxygens (including phenoxy) is 5. The summed E-state index contributed by atoms with van der Waals surface area (Å²) in [5.41, 5.74) is 2.44. The van der Waals surface area contributed by atoms with Crippen molar-refractivity contribution in [2.45, 2.75) is 115 Å². The van der Waals surface area contributed by atoms with Gasteiger partial charge in [0.25, 0.3) is 0 Å². The van der Waals surface area contributed by atoms with Crippen molar-refractivity contribution >= 4 is 18.1 Å². The number of hydrogen-bond donors (Lipinski definition) is 5. The molecule has 0 bridgehead atoms. The van der Waals surface area contributed by atoms with E-state index >= 15 is 0 Å². The van der Waals surface area contributed by atoms with Crippen LogP contribution in [0.25, 0.3) is 0 Å². The van der Waals surface area contributed by atoms with Crippen LogP contribution in [0.2, 0.25) is 0 Å². The molecule has 13 nitrogen and oxygen atoms in total. The third kappa shape index (κ3) is 12.2. The van der Waals surface area contributed by atoms with Crippen LogP contribution in [0.3, 0.4) is 0 Å². The van der Waals surface area contributed by atoms with Crippen LogP contribution in [0, 0.1) is 11.8 Å². The molecule has 10 atom stereocenters. The lowest BCUT2D eigenvalue weighted by molar-refractivity contribution is -0.276. The molecule has 2 aliphatic rings. The summed E-state index contributed by atoms with van der Waals surface area (Å²) in [7, 11) is 0. The van der Waals surface area contributed by atoms with E-state index in [-0.39, 0.29) is 44.1 Å². The molecule has 1 saturated carbocycles. The average Bonchev–Trinajstić information content (AvgIpc) is 3.20. The van der Waals surface area contributed by atoms with Crippen LogP contribution in [-0.4, -0.2) is 83.7 Å². The lowest BCUT2D eigenvalue weighted by Gasteiger charge is -2.49. The Morgan fingerprint density at radius 1 is 0.745 bits per heavy atom. The van der Waals surface area contributed by atoms with E-state index in [1.54, 1.807) is 6.92 Å². The van der Waals surface area contributed by atoms with E-state index in [0.29, 0.717) is 19.3 Å². The monoisotopic (exact) mass is 761 g/mol. The van der Waals surface area contributed by atoms with Crippen molar-refractivity contribution in [2.24, 2.45) is 11.8 Å². The van der Waals surface area contributed by atoms with Crippen molar-refractivity contribution < 1.29 is 48.3 Å². The van der Waals surface area contributed by atoms with Gasteiger partial charge in [0.2, 0.25) is 5.91 Å². The lowest BCUT2D eigenvalue weighted by Crippen LogP contribution is -2.73. The van der Waals surface area contributed by atoms with Crippen LogP contribution in [0.4, 0.5) is 9.59 Å². The Hall–Kier alpha value is -4.53. The molecule has 5 unspecified atom stereocenters. The fourth-order valence-electron chi connectivity index (χ4n) is 6.89. The van der Waals surface area contributed by atoms with Crippen LogP contribution in [0.1, 0.15) is 63.1 Å². The van der Waals surface area contributed by atoms with E-state index in [0.717, 1.165) is 23.1 Å². The fraction of sp³-hybridized carbons (Fsp3) is 0.500. The van der Waals surface area contributed by atoms with Gasteiger partial charge in [0.1, 0.15) is 37.6 Å². The van der Waals surface area contributed by atoms with E-state index in [4.69, 9.17) is 23.7 Å². The SMILES string of the molecule is CCC[C@@H](C)C(=O)N[C@@H]1C(OCc2ccccc2)[C@H](NC(=O)OCc2ccccc2)C(O[C@H]2OC(CNC(=O)OCc3ccccc3)CCC2C)C(O)[C@H]1O. The van der Waals surface area contributed by atoms with Crippen molar-refractivity contribution in [1.29, 1.82) is 0 Å². The van der Waals surface area contributed by atoms with Crippen LogP contribution < -0.4 is 16.0 Å². The van der Waals surface area contributed by atoms with Gasteiger partial charge in [0, 0.05) is 18.4 Å². The molecule has 0 aromatic heterocycles. The van der Waals surface area contributed by atoms with Crippen LogP contribution >= 0.6 is 0 Å². The quantitative estimate of drug-likeness (QED) is 0.134. The Labute approximate surface area is 323 Å². The highest BCUT2D eigenvalue weighted by Crippen LogP contribution is 2.33. The second kappa shape index (κ2) is 21.0. The smallest absolute Gasteiger partial charge is 0.407 e. The predicted molar refractivity (Wildman–Crippen MR) is 203 cm³/mol. The average molecular weight is 762 g/mol. The molecule has 2 fully saturated rings. The molecule has 3 aromatic rings. The molecule has 1 saturated heterocycles. The standard InChI is InChI=1S/C42H55N3O10/c1-4-14-27(2)39(48)44-33-35(46)36(47)38(55-40-28(3)21-22-32(54-40)23-43-41(49)52-25-30-17-10-6-11-18-30)34(37(33)51-24-29-15-8-5-9-16-29)45-42(50)53-26-31-19-12-7-13-20-31/h5-13,15-20,27-28,32-38,40,46-47H,4,14,21-26H2,1-3H3,(H,43,49)(H,44,48)(H,45,50)/t27-,28?,32?,33+,34+,35+,36?,37?,38?,40-/m1/s1. The second-order valence-electron chi connectivity index (χ2n) is 14.4. The van der Waals surface area contributed by atoms with Gasteiger partial charge >= 0.3 is 12.2 Å². The summed E-state index contributed by atoms with van der Waals surface area (Å²) in [6.07, 6.45) is -5.55. The normalized spacial score (nSPS) is 27.0. The molecule has 1 heterocycles. The zero-order chi connectivity index (χ0) is 39.2. The highest BCUT2D eigenvalue weighted by Gasteiger charge is 2.54. The van der Waals surface area contributed by atoms with Gasteiger partial charge in [-0.25, -0.2) is 9.59 Å². The first-order valence-corrected chi connectivity index (χ1v) is 19.2. The van der Waals surface area contributed by atoms with E-state index in [2.05, 4.69) is 16.0 Å². The van der Waals surface area contributed by atoms with Gasteiger partial charge in [-0.05, 0) is 36.0 Å². The summed E-state index contributed by atoms with van der Waals surface area (Å²) in [6.45, 7) is 6.03. The van der Waals surface area contributed by atoms with Gasteiger partial charge in [-0.2, -0.15) is 0 Å². The zero-order valence-corrected chi connectivity index (χ0v) is 31.8. The number of carbonyl (C=O) groups is 3.